The standard InChI is InChI=1S/C23H24ClN5O5/c1-3-29(12-18-25-15-10-13(24)7-8-14(15)21(30)27-18)11-16-19(22(31)33-4-2)20(28-23(32)26-16)17-6-5-9-34-17/h5-10,20H,3-4,11-12H2,1-2H3,(H,25,27,30)(H2,26,28,32)/t20-/m1/s1. The summed E-state index contributed by atoms with van der Waals surface area (Å²) in [5.74, 6) is 0.285. The lowest BCUT2D eigenvalue weighted by Crippen LogP contribution is -2.48. The third-order valence-corrected chi connectivity index (χ3v) is 5.63. The van der Waals surface area contributed by atoms with Crippen molar-refractivity contribution in [1.29, 1.82) is 0 Å². The number of halogens is 1. The maximum absolute atomic E-state index is 12.9. The number of hydrogen-bond acceptors (Lipinski definition) is 7. The van der Waals surface area contributed by atoms with Crippen molar-refractivity contribution in [2.75, 3.05) is 19.7 Å². The molecule has 2 amide bonds. The van der Waals surface area contributed by atoms with Gasteiger partial charge in [-0.25, -0.2) is 14.6 Å². The molecule has 178 valence electrons. The molecule has 4 rings (SSSR count). The van der Waals surface area contributed by atoms with Gasteiger partial charge in [0.25, 0.3) is 5.56 Å². The molecule has 10 nitrogen and oxygen atoms in total. The zero-order valence-corrected chi connectivity index (χ0v) is 19.4. The Morgan fingerprint density at radius 2 is 2.06 bits per heavy atom. The molecule has 3 aromatic rings. The number of rotatable bonds is 8. The van der Waals surface area contributed by atoms with E-state index in [2.05, 4.69) is 20.6 Å². The maximum atomic E-state index is 12.9. The summed E-state index contributed by atoms with van der Waals surface area (Å²) in [5, 5.41) is 6.37. The zero-order chi connectivity index (χ0) is 24.2. The van der Waals surface area contributed by atoms with Gasteiger partial charge in [-0.3, -0.25) is 9.69 Å². The van der Waals surface area contributed by atoms with Crippen LogP contribution >= 0.6 is 11.6 Å². The first-order valence-corrected chi connectivity index (χ1v) is 11.2. The summed E-state index contributed by atoms with van der Waals surface area (Å²) in [6, 6.07) is 6.99. The second-order valence-corrected chi connectivity index (χ2v) is 8.07. The van der Waals surface area contributed by atoms with E-state index in [9.17, 15) is 14.4 Å². The number of aromatic amines is 1. The largest absolute Gasteiger partial charge is 0.467 e. The first-order chi connectivity index (χ1) is 16.4. The summed E-state index contributed by atoms with van der Waals surface area (Å²) >= 11 is 6.06. The molecule has 0 saturated carbocycles. The van der Waals surface area contributed by atoms with E-state index in [1.165, 1.54) is 6.26 Å². The average molecular weight is 486 g/mol. The summed E-state index contributed by atoms with van der Waals surface area (Å²) in [6.07, 6.45) is 1.47. The quantitative estimate of drug-likeness (QED) is 0.418. The molecule has 3 heterocycles. The van der Waals surface area contributed by atoms with Gasteiger partial charge in [-0.2, -0.15) is 0 Å². The smallest absolute Gasteiger partial charge is 0.338 e. The van der Waals surface area contributed by atoms with Crippen molar-refractivity contribution < 1.29 is 18.7 Å². The fourth-order valence-corrected chi connectivity index (χ4v) is 3.98. The van der Waals surface area contributed by atoms with E-state index in [0.717, 1.165) is 0 Å². The number of carbonyl (C=O) groups is 2. The van der Waals surface area contributed by atoms with E-state index in [0.29, 0.717) is 39.8 Å². The highest BCUT2D eigenvalue weighted by molar-refractivity contribution is 6.31. The Labute approximate surface area is 199 Å². The lowest BCUT2D eigenvalue weighted by Gasteiger charge is -2.30. The first-order valence-electron chi connectivity index (χ1n) is 10.8. The predicted octanol–water partition coefficient (Wildman–Crippen LogP) is 2.86. The summed E-state index contributed by atoms with van der Waals surface area (Å²) in [6.45, 7) is 4.83. The summed E-state index contributed by atoms with van der Waals surface area (Å²) in [7, 11) is 0. The number of fused-ring (bicyclic) bond motifs is 1. The van der Waals surface area contributed by atoms with Crippen molar-refractivity contribution in [3.8, 4) is 0 Å². The van der Waals surface area contributed by atoms with Gasteiger partial charge in [-0.05, 0) is 43.8 Å². The number of amides is 2. The van der Waals surface area contributed by atoms with Gasteiger partial charge >= 0.3 is 12.0 Å². The van der Waals surface area contributed by atoms with Crippen molar-refractivity contribution in [2.45, 2.75) is 26.4 Å². The van der Waals surface area contributed by atoms with Crippen LogP contribution < -0.4 is 16.2 Å². The van der Waals surface area contributed by atoms with Crippen molar-refractivity contribution in [3.05, 3.63) is 74.8 Å². The number of carbonyl (C=O) groups excluding carboxylic acids is 2. The van der Waals surface area contributed by atoms with E-state index < -0.39 is 18.0 Å². The number of ether oxygens (including phenoxy) is 1. The monoisotopic (exact) mass is 485 g/mol. The van der Waals surface area contributed by atoms with Crippen molar-refractivity contribution in [1.82, 2.24) is 25.5 Å². The Morgan fingerprint density at radius 3 is 2.76 bits per heavy atom. The molecule has 2 aromatic heterocycles. The van der Waals surface area contributed by atoms with Crippen LogP contribution in [-0.2, 0) is 16.1 Å². The number of aromatic nitrogens is 2. The van der Waals surface area contributed by atoms with Gasteiger partial charge in [-0.15, -0.1) is 0 Å². The lowest BCUT2D eigenvalue weighted by atomic mass is 10.00. The average Bonchev–Trinajstić information content (AvgIpc) is 3.33. The number of H-pyrrole nitrogens is 1. The Bertz CT molecular complexity index is 1300. The van der Waals surface area contributed by atoms with E-state index in [-0.39, 0.29) is 30.8 Å². The summed E-state index contributed by atoms with van der Waals surface area (Å²) < 4.78 is 10.7. The maximum Gasteiger partial charge on any atom is 0.338 e. The number of furan rings is 1. The van der Waals surface area contributed by atoms with Crippen LogP contribution in [0.3, 0.4) is 0 Å². The molecule has 0 saturated heterocycles. The molecule has 0 aliphatic carbocycles. The second kappa shape index (κ2) is 10.1. The molecule has 34 heavy (non-hydrogen) atoms. The molecule has 11 heteroatoms. The van der Waals surface area contributed by atoms with E-state index in [1.54, 1.807) is 37.3 Å². The number of hydrogen-bond donors (Lipinski definition) is 3. The second-order valence-electron chi connectivity index (χ2n) is 7.64. The minimum atomic E-state index is -0.794. The fraction of sp³-hybridized carbons (Fsp3) is 0.304. The topological polar surface area (TPSA) is 130 Å². The molecule has 1 aromatic carbocycles. The highest BCUT2D eigenvalue weighted by Gasteiger charge is 2.35. The number of likely N-dealkylation sites (N-methyl/N-ethyl adjacent to an activating group) is 1. The minimum absolute atomic E-state index is 0.177. The van der Waals surface area contributed by atoms with Crippen LogP contribution in [0.15, 0.2) is 57.1 Å². The number of nitrogens with one attached hydrogen (secondary N) is 3. The highest BCUT2D eigenvalue weighted by atomic mass is 35.5. The normalized spacial score (nSPS) is 16.0. The van der Waals surface area contributed by atoms with E-state index >= 15 is 0 Å². The third kappa shape index (κ3) is 4.97. The Hall–Kier alpha value is -3.63. The Kier molecular flexibility index (Phi) is 6.99. The molecule has 3 N–H and O–H groups in total. The van der Waals surface area contributed by atoms with Gasteiger partial charge in [0.15, 0.2) is 0 Å². The van der Waals surface area contributed by atoms with Crippen LogP contribution in [0.2, 0.25) is 5.02 Å². The zero-order valence-electron chi connectivity index (χ0n) is 18.7. The number of nitrogens with zero attached hydrogens (tertiary/aromatic N) is 2. The Balaban J connectivity index is 1.67. The van der Waals surface area contributed by atoms with Crippen LogP contribution in [-0.4, -0.2) is 46.6 Å². The highest BCUT2D eigenvalue weighted by Crippen LogP contribution is 2.28. The Morgan fingerprint density at radius 1 is 1.24 bits per heavy atom. The van der Waals surface area contributed by atoms with E-state index in [1.807, 2.05) is 11.8 Å². The van der Waals surface area contributed by atoms with Gasteiger partial charge in [0.2, 0.25) is 0 Å². The molecule has 1 aliphatic rings. The molecule has 1 aliphatic heterocycles. The number of benzene rings is 1. The third-order valence-electron chi connectivity index (χ3n) is 5.40. The lowest BCUT2D eigenvalue weighted by molar-refractivity contribution is -0.139. The number of esters is 1. The van der Waals surface area contributed by atoms with Crippen LogP contribution in [0.1, 0.15) is 31.5 Å². The molecule has 0 bridgehead atoms. The molecular formula is C23H24ClN5O5. The minimum Gasteiger partial charge on any atom is -0.467 e. The van der Waals surface area contributed by atoms with Gasteiger partial charge in [0.05, 0.1) is 35.9 Å². The van der Waals surface area contributed by atoms with E-state index in [4.69, 9.17) is 20.8 Å². The van der Waals surface area contributed by atoms with Gasteiger partial charge in [0, 0.05) is 17.3 Å². The van der Waals surface area contributed by atoms with Crippen molar-refractivity contribution in [2.24, 2.45) is 0 Å². The summed E-state index contributed by atoms with van der Waals surface area (Å²) in [4.78, 5) is 47.0. The van der Waals surface area contributed by atoms with Crippen LogP contribution in [0, 0.1) is 0 Å². The molecule has 0 spiro atoms. The van der Waals surface area contributed by atoms with Crippen molar-refractivity contribution >= 4 is 34.5 Å². The molecule has 0 fully saturated rings. The van der Waals surface area contributed by atoms with Crippen LogP contribution in [0.4, 0.5) is 4.79 Å². The molecule has 0 radical (unpaired) electrons. The van der Waals surface area contributed by atoms with Crippen LogP contribution in [0.5, 0.6) is 0 Å². The molecule has 0 unspecified atom stereocenters. The molecular weight excluding hydrogens is 462 g/mol. The summed E-state index contributed by atoms with van der Waals surface area (Å²) in [5.41, 5.74) is 0.854. The van der Waals surface area contributed by atoms with Gasteiger partial charge in [-0.1, -0.05) is 18.5 Å². The van der Waals surface area contributed by atoms with Gasteiger partial charge < -0.3 is 24.8 Å². The predicted molar refractivity (Wildman–Crippen MR) is 125 cm³/mol. The molecule has 1 atom stereocenters. The van der Waals surface area contributed by atoms with Gasteiger partial charge in [0.1, 0.15) is 17.6 Å². The van der Waals surface area contributed by atoms with Crippen LogP contribution in [0.25, 0.3) is 10.9 Å². The first kappa shape index (κ1) is 23.5. The van der Waals surface area contributed by atoms with Crippen molar-refractivity contribution in [3.63, 3.8) is 0 Å². The number of urea groups is 1. The fourth-order valence-electron chi connectivity index (χ4n) is 3.81. The SMILES string of the molecule is CCOC(=O)C1=C(CN(CC)Cc2nc3cc(Cl)ccc3c(=O)[nH]2)NC(=O)N[C@@H]1c1ccco1.